The number of carbonyl (C=O) groups excluding carboxylic acids is 10. The summed E-state index contributed by atoms with van der Waals surface area (Å²) in [5.74, 6) is -19.6. The topological polar surface area (TPSA) is 838 Å². The fourth-order valence-corrected chi connectivity index (χ4v) is 12.9. The molecule has 4 heterocycles. The smallest absolute Gasteiger partial charge is 0.326 e. The van der Waals surface area contributed by atoms with Crippen molar-refractivity contribution in [3.63, 3.8) is 0 Å². The Bertz CT molecular complexity index is 3560. The monoisotopic (exact) mass is 1750 g/mol. The molecule has 4 fully saturated rings. The van der Waals surface area contributed by atoms with Crippen molar-refractivity contribution in [2.24, 2.45) is 17.2 Å². The lowest BCUT2D eigenvalue weighted by atomic mass is 9.93. The van der Waals surface area contributed by atoms with Gasteiger partial charge in [0, 0.05) is 33.6 Å². The molecule has 4 aliphatic heterocycles. The van der Waals surface area contributed by atoms with Gasteiger partial charge in [0.15, 0.2) is 25.2 Å². The summed E-state index contributed by atoms with van der Waals surface area (Å²) >= 11 is 0. The third-order valence-electron chi connectivity index (χ3n) is 19.6. The van der Waals surface area contributed by atoms with Gasteiger partial charge in [-0.05, 0) is 86.0 Å². The third-order valence-corrected chi connectivity index (χ3v) is 19.6. The Hall–Kier alpha value is -9.28. The second-order valence-corrected chi connectivity index (χ2v) is 29.2. The van der Waals surface area contributed by atoms with Gasteiger partial charge in [0.05, 0.1) is 32.5 Å². The summed E-state index contributed by atoms with van der Waals surface area (Å²) in [7, 11) is 0. The van der Waals surface area contributed by atoms with Crippen molar-refractivity contribution < 1.29 is 191 Å². The minimum Gasteiger partial charge on any atom is -0.480 e. The van der Waals surface area contributed by atoms with Crippen molar-refractivity contribution in [3.8, 4) is 0 Å². The zero-order chi connectivity index (χ0) is 91.5. The number of rotatable bonds is 49. The van der Waals surface area contributed by atoms with Crippen molar-refractivity contribution >= 4 is 94.9 Å². The first-order valence-electron chi connectivity index (χ1n) is 38.2. The normalized spacial score (nSPS) is 29.3. The Balaban J connectivity index is 1.66. The summed E-state index contributed by atoms with van der Waals surface area (Å²) in [6.07, 6.45) is -38.8. The van der Waals surface area contributed by atoms with Gasteiger partial charge in [-0.15, -0.1) is 0 Å². The first kappa shape index (κ1) is 104. The van der Waals surface area contributed by atoms with Crippen LogP contribution in [0.5, 0.6) is 0 Å². The van der Waals surface area contributed by atoms with Crippen LogP contribution in [0.1, 0.15) is 120 Å². The van der Waals surface area contributed by atoms with Gasteiger partial charge in [0.1, 0.15) is 158 Å². The van der Waals surface area contributed by atoms with Crippen molar-refractivity contribution in [1.82, 2.24) is 53.2 Å². The molecular weight excluding hydrogens is 1630 g/mol. The van der Waals surface area contributed by atoms with Crippen molar-refractivity contribution in [1.29, 1.82) is 0 Å². The van der Waals surface area contributed by atoms with Crippen molar-refractivity contribution in [3.05, 3.63) is 0 Å². The number of nitrogens with two attached hydrogens (primary N) is 3. The average molecular weight is 1750 g/mol. The number of aliphatic carboxylic acids is 6. The van der Waals surface area contributed by atoms with E-state index < -0.39 is 336 Å². The van der Waals surface area contributed by atoms with Gasteiger partial charge in [0.2, 0.25) is 59.1 Å². The molecule has 0 aromatic carbocycles. The van der Waals surface area contributed by atoms with E-state index in [1.165, 1.54) is 0 Å². The molecule has 0 bridgehead atoms. The zero-order valence-electron chi connectivity index (χ0n) is 67.0. The molecule has 0 saturated carbocycles. The molecule has 0 aromatic rings. The molecule has 688 valence electrons. The average Bonchev–Trinajstić information content (AvgIpc) is 0.761. The molecule has 4 saturated heterocycles. The third kappa shape index (κ3) is 31.2. The number of aliphatic hydroxyl groups excluding tert-OH is 8. The van der Waals surface area contributed by atoms with Crippen LogP contribution in [0.3, 0.4) is 0 Å². The lowest BCUT2D eigenvalue weighted by Crippen LogP contribution is -2.72. The molecule has 4 aliphatic rings. The predicted octanol–water partition coefficient (Wildman–Crippen LogP) is -13.0. The number of ether oxygens (including phenoxy) is 9. The van der Waals surface area contributed by atoms with Crippen molar-refractivity contribution in [2.75, 3.05) is 26.4 Å². The molecule has 0 spiro atoms. The Kier molecular flexibility index (Phi) is 42.2. The first-order chi connectivity index (χ1) is 56.6. The van der Waals surface area contributed by atoms with Crippen molar-refractivity contribution in [2.45, 2.75) is 309 Å². The van der Waals surface area contributed by atoms with Crippen LogP contribution in [0.15, 0.2) is 0 Å². The van der Waals surface area contributed by atoms with Crippen LogP contribution < -0.4 is 70.4 Å². The molecule has 31 unspecified atom stereocenters. The van der Waals surface area contributed by atoms with Gasteiger partial charge < -0.3 is 184 Å². The largest absolute Gasteiger partial charge is 0.480 e. The van der Waals surface area contributed by atoms with E-state index in [0.717, 1.165) is 55.4 Å². The van der Waals surface area contributed by atoms with E-state index in [4.69, 9.17) is 64.9 Å². The number of nitrogens with one attached hydrogen (secondary N) is 10. The zero-order valence-corrected chi connectivity index (χ0v) is 67.0. The van der Waals surface area contributed by atoms with Gasteiger partial charge in [0.25, 0.3) is 0 Å². The highest BCUT2D eigenvalue weighted by atomic mass is 16.8. The summed E-state index contributed by atoms with van der Waals surface area (Å²) in [4.78, 5) is 205. The SMILES string of the molecule is CC(=O)NC1C(OC2C(CO)OC(O)C(NC(C)=O)C2OC(C)C(=O)NC(C)C(=O)NC(CCC(=O)NC(CCCC(N)C(=O)O)C(=O)O)C(=O)O)OC(CO)C(OC2OC(CO)C(OC3OC(CO)C(O)C(O)C3N)C(OC(C)C(=O)NC(C)C(=O)NC(CCC(=O)NC(CCCC(N)C(=O)O)C(=O)NC(C)C(=O)O)C(=O)O)C2NC(C)=O)C1O. The van der Waals surface area contributed by atoms with E-state index in [1.807, 2.05) is 0 Å². The van der Waals surface area contributed by atoms with Crippen LogP contribution in [0.25, 0.3) is 0 Å². The van der Waals surface area contributed by atoms with Gasteiger partial charge >= 0.3 is 35.8 Å². The molecule has 30 N–H and O–H groups in total. The lowest BCUT2D eigenvalue weighted by Gasteiger charge is -2.51. The number of amides is 10. The molecule has 0 aromatic heterocycles. The number of aliphatic hydroxyl groups is 8. The number of carboxylic acids is 6. The van der Waals surface area contributed by atoms with E-state index in [9.17, 15) is 143 Å². The van der Waals surface area contributed by atoms with E-state index in [-0.39, 0.29) is 38.5 Å². The van der Waals surface area contributed by atoms with Crippen LogP contribution in [-0.4, -0.2) is 382 Å². The maximum absolute atomic E-state index is 14.3. The summed E-state index contributed by atoms with van der Waals surface area (Å²) in [5, 5.41) is 169. The number of hydrogen-bond acceptors (Lipinski definition) is 36. The minimum absolute atomic E-state index is 0.0400. The van der Waals surface area contributed by atoms with E-state index in [1.54, 1.807) is 0 Å². The molecule has 31 atom stereocenters. The summed E-state index contributed by atoms with van der Waals surface area (Å²) in [5.41, 5.74) is 17.3. The van der Waals surface area contributed by atoms with E-state index in [2.05, 4.69) is 53.2 Å². The second-order valence-electron chi connectivity index (χ2n) is 29.2. The number of hydrogen-bond donors (Lipinski definition) is 27. The lowest BCUT2D eigenvalue weighted by molar-refractivity contribution is -0.365. The van der Waals surface area contributed by atoms with Crippen LogP contribution in [0.4, 0.5) is 0 Å². The summed E-state index contributed by atoms with van der Waals surface area (Å²) < 4.78 is 55.1. The Morgan fingerprint density at radius 1 is 0.355 bits per heavy atom. The van der Waals surface area contributed by atoms with Crippen LogP contribution in [0, 0.1) is 0 Å². The van der Waals surface area contributed by atoms with Gasteiger partial charge in [-0.2, -0.15) is 0 Å². The Morgan fingerprint density at radius 2 is 0.711 bits per heavy atom. The maximum Gasteiger partial charge on any atom is 0.326 e. The van der Waals surface area contributed by atoms with E-state index >= 15 is 0 Å². The minimum atomic E-state index is -2.26. The van der Waals surface area contributed by atoms with E-state index in [0.29, 0.717) is 0 Å². The molecule has 0 aliphatic carbocycles. The molecule has 4 rings (SSSR count). The highest BCUT2D eigenvalue weighted by molar-refractivity contribution is 5.94. The summed E-state index contributed by atoms with van der Waals surface area (Å²) in [6, 6.07) is -21.7. The fraction of sp³-hybridized carbons (Fsp3) is 0.768. The Labute approximate surface area is 689 Å². The van der Waals surface area contributed by atoms with Gasteiger partial charge in [-0.1, -0.05) is 0 Å². The summed E-state index contributed by atoms with van der Waals surface area (Å²) in [6.45, 7) is 3.81. The molecule has 0 radical (unpaired) electrons. The second kappa shape index (κ2) is 49.1. The van der Waals surface area contributed by atoms with Gasteiger partial charge in [-0.25, -0.2) is 14.4 Å². The van der Waals surface area contributed by atoms with Crippen LogP contribution in [0.2, 0.25) is 0 Å². The standard InChI is InChI=1S/C69H113N13O39/c1-23(55(95)82-36(65(110)111)16-18-42(91)80-34(63(106)107)14-10-12-32(71)62(104)105)73-57(97)26(4)113-53-45(77-29(7)88)66(112)115-39(21-85)51(53)121-68-44(76-28(6)87)49(94)50(38(20-84)117-68)119-69-46(78-30(8)89)54(52(40(22-86)118-69)120-67-43(72)48(93)47(92)37(19-83)116-67)114-27(5)58(98)74-24(2)56(96)81-35(64(108)109)15-17-41(90)79-33(13-9-11-31(70)61(102)103)59(99)75-25(3)60(100)101/h23-27,31-40,43-54,66-69,83-86,92-94,112H,9-22,70-72H2,1-8H3,(H,73,97)(H,74,98)(H,75,99)(H,76,87)(H,77,88)(H,78,89)(H,79,90)(H,80,91)(H,81,96)(H,82,95)(H,100,101)(H,102,103)(H,104,105)(H,106,107)(H,108,109)(H,110,111). The predicted molar refractivity (Wildman–Crippen MR) is 396 cm³/mol. The molecule has 121 heavy (non-hydrogen) atoms. The molecular formula is C69H113N13O39. The highest BCUT2D eigenvalue weighted by Gasteiger charge is 2.58. The first-order valence-corrected chi connectivity index (χ1v) is 38.2. The highest BCUT2D eigenvalue weighted by Crippen LogP contribution is 2.37. The maximum atomic E-state index is 14.3. The van der Waals surface area contributed by atoms with Crippen LogP contribution in [-0.2, 0) is 119 Å². The molecule has 10 amide bonds. The quantitative estimate of drug-likeness (QED) is 0.0269. The van der Waals surface area contributed by atoms with Gasteiger partial charge in [-0.3, -0.25) is 62.3 Å². The number of carbonyl (C=O) groups is 16. The fourth-order valence-electron chi connectivity index (χ4n) is 12.9. The number of carboxylic acid groups (broad SMARTS) is 6. The Morgan fingerprint density at radius 3 is 1.13 bits per heavy atom. The van der Waals surface area contributed by atoms with Crippen LogP contribution >= 0.6 is 0 Å². The molecule has 52 heteroatoms. The molecule has 52 nitrogen and oxygen atoms in total.